The van der Waals surface area contributed by atoms with Gasteiger partial charge in [-0.15, -0.1) is 0 Å². The van der Waals surface area contributed by atoms with Crippen molar-refractivity contribution in [2.45, 2.75) is 31.8 Å². The lowest BCUT2D eigenvalue weighted by Gasteiger charge is -2.35. The minimum Gasteiger partial charge on any atom is -0.323 e. The first-order valence-corrected chi connectivity index (χ1v) is 10.3. The molecule has 6 nitrogen and oxygen atoms in total. The van der Waals surface area contributed by atoms with Gasteiger partial charge in [0.05, 0.1) is 23.0 Å². The molecule has 1 unspecified atom stereocenters. The molecule has 1 amide bonds. The Kier molecular flexibility index (Phi) is 6.50. The van der Waals surface area contributed by atoms with Crippen LogP contribution in [0, 0.1) is 0 Å². The van der Waals surface area contributed by atoms with Crippen LogP contribution in [0.2, 0.25) is 10.0 Å². The molecule has 0 aliphatic carbocycles. The lowest BCUT2D eigenvalue weighted by Crippen LogP contribution is -2.50. The van der Waals surface area contributed by atoms with Crippen LogP contribution in [0.4, 0.5) is 5.69 Å². The Hall–Kier alpha value is -0.860. The fraction of sp³-hybridized carbons (Fsp3) is 0.533. The van der Waals surface area contributed by atoms with Gasteiger partial charge in [0.1, 0.15) is 0 Å². The number of rotatable bonds is 5. The molecule has 1 aromatic rings. The van der Waals surface area contributed by atoms with E-state index < -0.39 is 10.0 Å². The number of amides is 1. The van der Waals surface area contributed by atoms with Crippen molar-refractivity contribution in [1.82, 2.24) is 9.62 Å². The van der Waals surface area contributed by atoms with Crippen LogP contribution >= 0.6 is 23.2 Å². The number of carbonyl (C=O) groups excluding carboxylic acids is 1. The van der Waals surface area contributed by atoms with Crippen molar-refractivity contribution in [3.63, 3.8) is 0 Å². The van der Waals surface area contributed by atoms with Gasteiger partial charge in [0.25, 0.3) is 0 Å². The molecule has 1 fully saturated rings. The quantitative estimate of drug-likeness (QED) is 0.804. The van der Waals surface area contributed by atoms with E-state index in [0.717, 1.165) is 6.26 Å². The SMILES string of the molecule is CC(C(=O)Nc1ccc(Cl)cc1Cl)N1CCC(NS(C)(=O)=O)CC1. The molecule has 1 aromatic carbocycles. The molecule has 1 heterocycles. The van der Waals surface area contributed by atoms with Crippen LogP contribution in [0.15, 0.2) is 18.2 Å². The van der Waals surface area contributed by atoms with Gasteiger partial charge in [-0.05, 0) is 38.0 Å². The lowest BCUT2D eigenvalue weighted by atomic mass is 10.0. The fourth-order valence-corrected chi connectivity index (χ4v) is 4.00. The van der Waals surface area contributed by atoms with Crippen molar-refractivity contribution < 1.29 is 13.2 Å². The summed E-state index contributed by atoms with van der Waals surface area (Å²) in [4.78, 5) is 14.4. The molecule has 2 N–H and O–H groups in total. The molecule has 1 aliphatic rings. The van der Waals surface area contributed by atoms with Gasteiger partial charge in [0.2, 0.25) is 15.9 Å². The van der Waals surface area contributed by atoms with Gasteiger partial charge < -0.3 is 5.32 Å². The highest BCUT2D eigenvalue weighted by atomic mass is 35.5. The predicted molar refractivity (Wildman–Crippen MR) is 97.1 cm³/mol. The summed E-state index contributed by atoms with van der Waals surface area (Å²) in [6.45, 7) is 3.12. The van der Waals surface area contributed by atoms with Crippen LogP contribution in [-0.2, 0) is 14.8 Å². The molecule has 0 spiro atoms. The zero-order valence-corrected chi connectivity index (χ0v) is 15.9. The monoisotopic (exact) mass is 393 g/mol. The van der Waals surface area contributed by atoms with Gasteiger partial charge in [0, 0.05) is 24.2 Å². The van der Waals surface area contributed by atoms with Gasteiger partial charge in [0.15, 0.2) is 0 Å². The van der Waals surface area contributed by atoms with E-state index in [9.17, 15) is 13.2 Å². The van der Waals surface area contributed by atoms with Crippen molar-refractivity contribution in [3.8, 4) is 0 Å². The Bertz CT molecular complexity index is 704. The molecule has 24 heavy (non-hydrogen) atoms. The van der Waals surface area contributed by atoms with Gasteiger partial charge in [-0.25, -0.2) is 13.1 Å². The Morgan fingerprint density at radius 3 is 2.46 bits per heavy atom. The molecule has 0 aromatic heterocycles. The minimum absolute atomic E-state index is 0.0720. The Morgan fingerprint density at radius 1 is 1.29 bits per heavy atom. The van der Waals surface area contributed by atoms with Crippen LogP contribution < -0.4 is 10.0 Å². The largest absolute Gasteiger partial charge is 0.323 e. The number of hydrogen-bond acceptors (Lipinski definition) is 4. The first kappa shape index (κ1) is 19.5. The molecule has 0 saturated carbocycles. The average Bonchev–Trinajstić information content (AvgIpc) is 2.48. The molecule has 9 heteroatoms. The summed E-state index contributed by atoms with van der Waals surface area (Å²) in [5, 5.41) is 3.70. The van der Waals surface area contributed by atoms with E-state index in [4.69, 9.17) is 23.2 Å². The first-order chi connectivity index (χ1) is 11.2. The Morgan fingerprint density at radius 2 is 1.92 bits per heavy atom. The third kappa shape index (κ3) is 5.60. The molecule has 1 aliphatic heterocycles. The molecule has 134 valence electrons. The molecular formula is C15H21Cl2N3O3S. The van der Waals surface area contributed by atoms with E-state index in [1.807, 2.05) is 11.8 Å². The van der Waals surface area contributed by atoms with Crippen LogP contribution in [0.5, 0.6) is 0 Å². The maximum absolute atomic E-state index is 12.4. The molecule has 0 radical (unpaired) electrons. The second-order valence-corrected chi connectivity index (χ2v) is 8.61. The van der Waals surface area contributed by atoms with Crippen molar-refractivity contribution >= 4 is 44.8 Å². The number of sulfonamides is 1. The summed E-state index contributed by atoms with van der Waals surface area (Å²) >= 11 is 11.9. The summed E-state index contributed by atoms with van der Waals surface area (Å²) < 4.78 is 25.2. The highest BCUT2D eigenvalue weighted by Gasteiger charge is 2.28. The smallest absolute Gasteiger partial charge is 0.241 e. The number of nitrogens with one attached hydrogen (secondary N) is 2. The minimum atomic E-state index is -3.20. The zero-order valence-electron chi connectivity index (χ0n) is 13.6. The van der Waals surface area contributed by atoms with Crippen LogP contribution in [-0.4, -0.2) is 50.7 Å². The standard InChI is InChI=1S/C15H21Cl2N3O3S/c1-10(15(21)18-14-4-3-11(16)9-13(14)17)20-7-5-12(6-8-20)19-24(2,22)23/h3-4,9-10,12,19H,5-8H2,1-2H3,(H,18,21). The van der Waals surface area contributed by atoms with Gasteiger partial charge in [-0.1, -0.05) is 23.2 Å². The van der Waals surface area contributed by atoms with Gasteiger partial charge in [-0.2, -0.15) is 0 Å². The van der Waals surface area contributed by atoms with Crippen LogP contribution in [0.1, 0.15) is 19.8 Å². The number of carbonyl (C=O) groups is 1. The fourth-order valence-electron chi connectivity index (χ4n) is 2.70. The third-order valence-corrected chi connectivity index (χ3v) is 5.34. The number of anilines is 1. The Labute approximate surface area is 152 Å². The summed E-state index contributed by atoms with van der Waals surface area (Å²) in [5.41, 5.74) is 0.520. The molecule has 2 rings (SSSR count). The summed E-state index contributed by atoms with van der Waals surface area (Å²) in [7, 11) is -3.20. The van der Waals surface area contributed by atoms with Crippen molar-refractivity contribution in [1.29, 1.82) is 0 Å². The van der Waals surface area contributed by atoms with Gasteiger partial charge >= 0.3 is 0 Å². The van der Waals surface area contributed by atoms with E-state index in [0.29, 0.717) is 41.7 Å². The Balaban J connectivity index is 1.90. The maximum Gasteiger partial charge on any atom is 0.241 e. The van der Waals surface area contributed by atoms with Crippen molar-refractivity contribution in [2.75, 3.05) is 24.7 Å². The van der Waals surface area contributed by atoms with Crippen LogP contribution in [0.3, 0.4) is 0 Å². The van der Waals surface area contributed by atoms with Crippen LogP contribution in [0.25, 0.3) is 0 Å². The number of halogens is 2. The zero-order chi connectivity index (χ0) is 17.9. The first-order valence-electron chi connectivity index (χ1n) is 7.63. The predicted octanol–water partition coefficient (Wildman–Crippen LogP) is 2.33. The number of piperidine rings is 1. The van der Waals surface area contributed by atoms with E-state index >= 15 is 0 Å². The van der Waals surface area contributed by atoms with E-state index in [1.165, 1.54) is 0 Å². The van der Waals surface area contributed by atoms with E-state index in [1.54, 1.807) is 18.2 Å². The third-order valence-electron chi connectivity index (χ3n) is 4.03. The molecule has 0 bridgehead atoms. The average molecular weight is 394 g/mol. The summed E-state index contributed by atoms with van der Waals surface area (Å²) in [6.07, 6.45) is 2.50. The van der Waals surface area contributed by atoms with E-state index in [-0.39, 0.29) is 18.0 Å². The maximum atomic E-state index is 12.4. The summed E-state index contributed by atoms with van der Waals surface area (Å²) in [5.74, 6) is -0.159. The van der Waals surface area contributed by atoms with E-state index in [2.05, 4.69) is 10.0 Å². The summed E-state index contributed by atoms with van der Waals surface area (Å²) in [6, 6.07) is 4.49. The highest BCUT2D eigenvalue weighted by molar-refractivity contribution is 7.88. The lowest BCUT2D eigenvalue weighted by molar-refractivity contribution is -0.121. The van der Waals surface area contributed by atoms with Crippen molar-refractivity contribution in [2.24, 2.45) is 0 Å². The molecular weight excluding hydrogens is 373 g/mol. The number of nitrogens with zero attached hydrogens (tertiary/aromatic N) is 1. The molecule has 1 saturated heterocycles. The molecule has 1 atom stereocenters. The normalized spacial score (nSPS) is 18.3. The number of hydrogen-bond donors (Lipinski definition) is 2. The number of likely N-dealkylation sites (tertiary alicyclic amines) is 1. The number of benzene rings is 1. The van der Waals surface area contributed by atoms with Gasteiger partial charge in [-0.3, -0.25) is 9.69 Å². The second-order valence-electron chi connectivity index (χ2n) is 5.99. The highest BCUT2D eigenvalue weighted by Crippen LogP contribution is 2.26. The topological polar surface area (TPSA) is 78.5 Å². The van der Waals surface area contributed by atoms with Crippen molar-refractivity contribution in [3.05, 3.63) is 28.2 Å². The second kappa shape index (κ2) is 8.01.